The average molecular weight is 226 g/mol. The molecule has 16 heavy (non-hydrogen) atoms. The number of hydrogen-bond donors (Lipinski definition) is 1. The topological polar surface area (TPSA) is 29.5 Å². The molecule has 0 saturated carbocycles. The molecule has 1 N–H and O–H groups in total. The summed E-state index contributed by atoms with van der Waals surface area (Å²) in [6, 6.07) is 4.95. The van der Waals surface area contributed by atoms with Gasteiger partial charge in [-0.3, -0.25) is 0 Å². The minimum atomic E-state index is -0.378. The van der Waals surface area contributed by atoms with E-state index in [0.717, 1.165) is 24.8 Å². The summed E-state index contributed by atoms with van der Waals surface area (Å²) in [6.45, 7) is 3.70. The Balaban J connectivity index is 2.85. The van der Waals surface area contributed by atoms with Crippen LogP contribution in [0.25, 0.3) is 0 Å². The molecular formula is C13H19FO2. The molecule has 0 aliphatic rings. The largest absolute Gasteiger partial charge is 0.485 e. The summed E-state index contributed by atoms with van der Waals surface area (Å²) in [5.74, 6) is -0.0635. The third-order valence-electron chi connectivity index (χ3n) is 2.42. The van der Waals surface area contributed by atoms with Gasteiger partial charge in [0.2, 0.25) is 0 Å². The molecule has 0 heterocycles. The van der Waals surface area contributed by atoms with E-state index in [1.165, 1.54) is 6.07 Å². The quantitative estimate of drug-likeness (QED) is 0.808. The third-order valence-corrected chi connectivity index (χ3v) is 2.42. The van der Waals surface area contributed by atoms with Crippen molar-refractivity contribution in [2.75, 3.05) is 6.61 Å². The van der Waals surface area contributed by atoms with Crippen molar-refractivity contribution in [2.24, 2.45) is 0 Å². The lowest BCUT2D eigenvalue weighted by Crippen LogP contribution is -2.18. The van der Waals surface area contributed by atoms with E-state index >= 15 is 0 Å². The fraction of sp³-hybridized carbons (Fsp3) is 0.538. The van der Waals surface area contributed by atoms with Crippen molar-refractivity contribution in [2.45, 2.75) is 39.2 Å². The Hall–Kier alpha value is -1.09. The van der Waals surface area contributed by atoms with Gasteiger partial charge in [-0.15, -0.1) is 0 Å². The third kappa shape index (κ3) is 3.49. The molecule has 0 bridgehead atoms. The zero-order chi connectivity index (χ0) is 12.0. The fourth-order valence-corrected chi connectivity index (χ4v) is 1.49. The minimum Gasteiger partial charge on any atom is -0.485 e. The Labute approximate surface area is 96.1 Å². The van der Waals surface area contributed by atoms with Gasteiger partial charge in [0.15, 0.2) is 11.6 Å². The molecule has 3 heteroatoms. The molecule has 1 aromatic carbocycles. The Morgan fingerprint density at radius 1 is 1.44 bits per heavy atom. The number of hydrogen-bond acceptors (Lipinski definition) is 2. The van der Waals surface area contributed by atoms with Crippen molar-refractivity contribution in [3.8, 4) is 5.75 Å². The maximum Gasteiger partial charge on any atom is 0.165 e. The van der Waals surface area contributed by atoms with Gasteiger partial charge in [-0.2, -0.15) is 0 Å². The van der Waals surface area contributed by atoms with Gasteiger partial charge in [-0.1, -0.05) is 25.5 Å². The van der Waals surface area contributed by atoms with Crippen molar-refractivity contribution >= 4 is 0 Å². The van der Waals surface area contributed by atoms with Crippen LogP contribution < -0.4 is 4.74 Å². The van der Waals surface area contributed by atoms with Crippen LogP contribution >= 0.6 is 0 Å². The van der Waals surface area contributed by atoms with Crippen LogP contribution in [0.2, 0.25) is 0 Å². The number of para-hydroxylation sites is 1. The van der Waals surface area contributed by atoms with E-state index in [9.17, 15) is 4.39 Å². The van der Waals surface area contributed by atoms with Crippen LogP contribution in [0.15, 0.2) is 18.2 Å². The first-order valence-corrected chi connectivity index (χ1v) is 5.74. The number of unbranched alkanes of at least 4 members (excludes halogenated alkanes) is 1. The Morgan fingerprint density at radius 2 is 2.19 bits per heavy atom. The van der Waals surface area contributed by atoms with Gasteiger partial charge in [0.05, 0.1) is 6.61 Å². The van der Waals surface area contributed by atoms with Gasteiger partial charge in [0.1, 0.15) is 6.10 Å². The van der Waals surface area contributed by atoms with Crippen LogP contribution in [-0.2, 0) is 6.42 Å². The van der Waals surface area contributed by atoms with Crippen LogP contribution in [0.3, 0.4) is 0 Å². The fourth-order valence-electron chi connectivity index (χ4n) is 1.49. The highest BCUT2D eigenvalue weighted by Crippen LogP contribution is 2.25. The molecule has 0 aliphatic carbocycles. The first-order valence-electron chi connectivity index (χ1n) is 5.74. The van der Waals surface area contributed by atoms with Gasteiger partial charge in [0.25, 0.3) is 0 Å². The Bertz CT molecular complexity index is 326. The summed E-state index contributed by atoms with van der Waals surface area (Å²) < 4.78 is 19.0. The second-order valence-corrected chi connectivity index (χ2v) is 3.94. The molecule has 1 atom stereocenters. The van der Waals surface area contributed by atoms with Crippen molar-refractivity contribution in [1.29, 1.82) is 0 Å². The molecule has 0 amide bonds. The van der Waals surface area contributed by atoms with E-state index in [2.05, 4.69) is 6.92 Å². The summed E-state index contributed by atoms with van der Waals surface area (Å²) in [6.07, 6.45) is 2.50. The number of aliphatic hydroxyl groups excluding tert-OH is 1. The minimum absolute atomic E-state index is 0.110. The lowest BCUT2D eigenvalue weighted by Gasteiger charge is -2.16. The molecule has 2 nitrogen and oxygen atoms in total. The predicted molar refractivity (Wildman–Crippen MR) is 62.2 cm³/mol. The molecule has 1 rings (SSSR count). The van der Waals surface area contributed by atoms with Crippen molar-refractivity contribution in [3.05, 3.63) is 29.6 Å². The highest BCUT2D eigenvalue weighted by Gasteiger charge is 2.12. The molecule has 0 aliphatic heterocycles. The molecule has 0 radical (unpaired) electrons. The standard InChI is InChI=1S/C13H19FO2/c1-3-4-6-11-7-5-8-12(14)13(11)16-10(2)9-15/h5,7-8,10,15H,3-4,6,9H2,1-2H3. The monoisotopic (exact) mass is 226 g/mol. The summed E-state index contributed by atoms with van der Waals surface area (Å²) in [4.78, 5) is 0. The maximum atomic E-state index is 13.6. The number of aryl methyl sites for hydroxylation is 1. The molecule has 90 valence electrons. The van der Waals surface area contributed by atoms with Crippen LogP contribution in [-0.4, -0.2) is 17.8 Å². The molecular weight excluding hydrogens is 207 g/mol. The molecule has 0 aromatic heterocycles. The molecule has 1 unspecified atom stereocenters. The van der Waals surface area contributed by atoms with Gasteiger partial charge in [0, 0.05) is 0 Å². The lowest BCUT2D eigenvalue weighted by atomic mass is 10.1. The summed E-state index contributed by atoms with van der Waals surface area (Å²) in [5, 5.41) is 8.91. The van der Waals surface area contributed by atoms with Crippen LogP contribution in [0, 0.1) is 5.82 Å². The number of aliphatic hydroxyl groups is 1. The van der Waals surface area contributed by atoms with E-state index in [4.69, 9.17) is 9.84 Å². The normalized spacial score (nSPS) is 12.5. The van der Waals surface area contributed by atoms with Crippen LogP contribution in [0.4, 0.5) is 4.39 Å². The van der Waals surface area contributed by atoms with Gasteiger partial charge < -0.3 is 9.84 Å². The highest BCUT2D eigenvalue weighted by molar-refractivity contribution is 5.35. The predicted octanol–water partition coefficient (Wildman–Crippen LogP) is 2.93. The first-order chi connectivity index (χ1) is 7.69. The molecule has 1 aromatic rings. The maximum absolute atomic E-state index is 13.6. The highest BCUT2D eigenvalue weighted by atomic mass is 19.1. The number of halogens is 1. The number of ether oxygens (including phenoxy) is 1. The first kappa shape index (κ1) is 13.0. The van der Waals surface area contributed by atoms with E-state index in [0.29, 0.717) is 0 Å². The molecule has 0 spiro atoms. The van der Waals surface area contributed by atoms with E-state index in [-0.39, 0.29) is 24.3 Å². The summed E-state index contributed by atoms with van der Waals surface area (Å²) in [5.41, 5.74) is 0.877. The molecule has 0 saturated heterocycles. The average Bonchev–Trinajstić information content (AvgIpc) is 2.29. The number of benzene rings is 1. The zero-order valence-electron chi connectivity index (χ0n) is 9.87. The van der Waals surface area contributed by atoms with Gasteiger partial charge in [-0.05, 0) is 31.4 Å². The van der Waals surface area contributed by atoms with E-state index in [1.807, 2.05) is 6.07 Å². The second kappa shape index (κ2) is 6.48. The lowest BCUT2D eigenvalue weighted by molar-refractivity contribution is 0.124. The SMILES string of the molecule is CCCCc1cccc(F)c1OC(C)CO. The summed E-state index contributed by atoms with van der Waals surface area (Å²) >= 11 is 0. The Kier molecular flexibility index (Phi) is 5.26. The van der Waals surface area contributed by atoms with Crippen LogP contribution in [0.1, 0.15) is 32.3 Å². The van der Waals surface area contributed by atoms with Gasteiger partial charge >= 0.3 is 0 Å². The van der Waals surface area contributed by atoms with E-state index in [1.54, 1.807) is 13.0 Å². The van der Waals surface area contributed by atoms with Crippen molar-refractivity contribution in [3.63, 3.8) is 0 Å². The zero-order valence-corrected chi connectivity index (χ0v) is 9.87. The van der Waals surface area contributed by atoms with Crippen molar-refractivity contribution in [1.82, 2.24) is 0 Å². The Morgan fingerprint density at radius 3 is 2.81 bits per heavy atom. The smallest absolute Gasteiger partial charge is 0.165 e. The van der Waals surface area contributed by atoms with Crippen molar-refractivity contribution < 1.29 is 14.2 Å². The second-order valence-electron chi connectivity index (χ2n) is 3.94. The van der Waals surface area contributed by atoms with E-state index < -0.39 is 0 Å². The number of rotatable bonds is 6. The molecule has 0 fully saturated rings. The van der Waals surface area contributed by atoms with Gasteiger partial charge in [-0.25, -0.2) is 4.39 Å². The summed E-state index contributed by atoms with van der Waals surface area (Å²) in [7, 11) is 0. The van der Waals surface area contributed by atoms with Crippen LogP contribution in [0.5, 0.6) is 5.75 Å².